The molecule has 0 fully saturated rings. The quantitative estimate of drug-likeness (QED) is 0.165. The summed E-state index contributed by atoms with van der Waals surface area (Å²) in [7, 11) is -1.24. The first-order valence-corrected chi connectivity index (χ1v) is 15.3. The molecule has 0 spiro atoms. The molecular formula is C24H32N6O5Si. The Morgan fingerprint density at radius 1 is 1.25 bits per heavy atom. The maximum atomic E-state index is 12.9. The standard InChI is InChI=1S/C24H32N6O5Si/c1-5-35-24(31)29(16-18-9-7-6-8-10-18)20-15-19(27-22(25)21(20)30(32)33)23-26-11-12-28(23)17-34-13-14-36(2,3)4/h6-12,15H,5,13-14,16-17H2,1-4H3,(H2,25,27). The highest BCUT2D eigenvalue weighted by Gasteiger charge is 2.31. The summed E-state index contributed by atoms with van der Waals surface area (Å²) in [5, 5.41) is 12.0. The average molecular weight is 513 g/mol. The van der Waals surface area contributed by atoms with Gasteiger partial charge in [0.25, 0.3) is 0 Å². The lowest BCUT2D eigenvalue weighted by Gasteiger charge is -2.23. The zero-order valence-electron chi connectivity index (χ0n) is 21.0. The minimum atomic E-state index is -1.24. The lowest BCUT2D eigenvalue weighted by molar-refractivity contribution is -0.383. The molecule has 1 aromatic carbocycles. The van der Waals surface area contributed by atoms with E-state index in [-0.39, 0.29) is 37.1 Å². The van der Waals surface area contributed by atoms with Crippen molar-refractivity contribution >= 4 is 31.4 Å². The number of aromatic nitrogens is 3. The molecule has 0 saturated carbocycles. The van der Waals surface area contributed by atoms with Gasteiger partial charge in [-0.25, -0.2) is 14.8 Å². The molecule has 192 valence electrons. The number of ether oxygens (including phenoxy) is 2. The Hall–Kier alpha value is -3.77. The van der Waals surface area contributed by atoms with E-state index in [0.717, 1.165) is 11.6 Å². The highest BCUT2D eigenvalue weighted by Crippen LogP contribution is 2.37. The fourth-order valence-corrected chi connectivity index (χ4v) is 4.21. The molecule has 0 aliphatic rings. The summed E-state index contributed by atoms with van der Waals surface area (Å²) in [5.41, 5.74) is 6.58. The monoisotopic (exact) mass is 512 g/mol. The Balaban J connectivity index is 2.02. The number of anilines is 2. The number of hydrogen-bond acceptors (Lipinski definition) is 8. The van der Waals surface area contributed by atoms with Gasteiger partial charge in [0.2, 0.25) is 5.82 Å². The van der Waals surface area contributed by atoms with Crippen molar-refractivity contribution in [3.05, 3.63) is 64.5 Å². The molecule has 3 rings (SSSR count). The molecule has 11 nitrogen and oxygen atoms in total. The number of imidazole rings is 1. The van der Waals surface area contributed by atoms with Crippen molar-refractivity contribution in [1.29, 1.82) is 0 Å². The van der Waals surface area contributed by atoms with Crippen molar-refractivity contribution in [1.82, 2.24) is 14.5 Å². The number of benzene rings is 1. The van der Waals surface area contributed by atoms with Crippen LogP contribution in [0.2, 0.25) is 25.7 Å². The van der Waals surface area contributed by atoms with Gasteiger partial charge in [0.15, 0.2) is 5.82 Å². The highest BCUT2D eigenvalue weighted by atomic mass is 28.3. The summed E-state index contributed by atoms with van der Waals surface area (Å²) in [6.45, 7) is 9.47. The van der Waals surface area contributed by atoms with E-state index < -0.39 is 24.8 Å². The van der Waals surface area contributed by atoms with E-state index in [1.165, 1.54) is 11.0 Å². The molecule has 2 heterocycles. The topological polar surface area (TPSA) is 139 Å². The lowest BCUT2D eigenvalue weighted by atomic mass is 10.2. The third-order valence-corrected chi connectivity index (χ3v) is 7.02. The van der Waals surface area contributed by atoms with E-state index in [4.69, 9.17) is 15.2 Å². The molecule has 3 aromatic rings. The Bertz CT molecular complexity index is 1200. The van der Waals surface area contributed by atoms with Crippen LogP contribution in [0.15, 0.2) is 48.8 Å². The van der Waals surface area contributed by atoms with Crippen LogP contribution in [-0.4, -0.2) is 46.8 Å². The third-order valence-electron chi connectivity index (χ3n) is 5.32. The molecule has 0 unspecified atom stereocenters. The van der Waals surface area contributed by atoms with Gasteiger partial charge in [0, 0.05) is 27.1 Å². The predicted molar refractivity (Wildman–Crippen MR) is 140 cm³/mol. The summed E-state index contributed by atoms with van der Waals surface area (Å²) in [6, 6.07) is 11.6. The summed E-state index contributed by atoms with van der Waals surface area (Å²) in [6.07, 6.45) is 2.58. The van der Waals surface area contributed by atoms with Crippen LogP contribution < -0.4 is 10.6 Å². The van der Waals surface area contributed by atoms with Crippen molar-refractivity contribution in [2.24, 2.45) is 0 Å². The second kappa shape index (κ2) is 11.8. The van der Waals surface area contributed by atoms with Crippen LogP contribution in [0.4, 0.5) is 22.0 Å². The minimum Gasteiger partial charge on any atom is -0.449 e. The fourth-order valence-electron chi connectivity index (χ4n) is 3.45. The average Bonchev–Trinajstić information content (AvgIpc) is 3.28. The van der Waals surface area contributed by atoms with Crippen molar-refractivity contribution < 1.29 is 19.2 Å². The maximum absolute atomic E-state index is 12.9. The number of rotatable bonds is 11. The van der Waals surface area contributed by atoms with E-state index >= 15 is 0 Å². The van der Waals surface area contributed by atoms with Crippen LogP contribution in [0.5, 0.6) is 0 Å². The van der Waals surface area contributed by atoms with Gasteiger partial charge in [-0.1, -0.05) is 50.0 Å². The summed E-state index contributed by atoms with van der Waals surface area (Å²) < 4.78 is 12.8. The zero-order valence-corrected chi connectivity index (χ0v) is 22.0. The minimum absolute atomic E-state index is 0.0287. The van der Waals surface area contributed by atoms with Crippen LogP contribution >= 0.6 is 0 Å². The van der Waals surface area contributed by atoms with Gasteiger partial charge in [0.05, 0.1) is 18.1 Å². The van der Waals surface area contributed by atoms with Gasteiger partial charge < -0.3 is 19.8 Å². The van der Waals surface area contributed by atoms with Crippen LogP contribution in [0.3, 0.4) is 0 Å². The first kappa shape index (κ1) is 26.8. The number of carbonyl (C=O) groups excluding carboxylic acids is 1. The number of pyridine rings is 1. The molecule has 36 heavy (non-hydrogen) atoms. The van der Waals surface area contributed by atoms with Crippen molar-refractivity contribution in [2.75, 3.05) is 23.8 Å². The molecule has 2 aromatic heterocycles. The maximum Gasteiger partial charge on any atom is 0.414 e. The number of nitrogen functional groups attached to an aromatic ring is 1. The Morgan fingerprint density at radius 3 is 2.61 bits per heavy atom. The van der Waals surface area contributed by atoms with Crippen molar-refractivity contribution in [3.8, 4) is 11.5 Å². The normalized spacial score (nSPS) is 11.3. The number of nitro groups is 1. The SMILES string of the molecule is CCOC(=O)N(Cc1ccccc1)c1cc(-c2nccn2COCC[Si](C)(C)C)nc(N)c1[N+](=O)[O-]. The van der Waals surface area contributed by atoms with Crippen LogP contribution in [-0.2, 0) is 22.7 Å². The van der Waals surface area contributed by atoms with E-state index in [2.05, 4.69) is 29.6 Å². The van der Waals surface area contributed by atoms with Crippen molar-refractivity contribution in [3.63, 3.8) is 0 Å². The Morgan fingerprint density at radius 2 is 1.97 bits per heavy atom. The van der Waals surface area contributed by atoms with Gasteiger partial charge in [-0.2, -0.15) is 0 Å². The summed E-state index contributed by atoms with van der Waals surface area (Å²) >= 11 is 0. The molecule has 12 heteroatoms. The van der Waals surface area contributed by atoms with Gasteiger partial charge in [-0.15, -0.1) is 0 Å². The smallest absolute Gasteiger partial charge is 0.414 e. The van der Waals surface area contributed by atoms with Gasteiger partial charge in [-0.3, -0.25) is 15.0 Å². The lowest BCUT2D eigenvalue weighted by Crippen LogP contribution is -2.32. The molecular weight excluding hydrogens is 480 g/mol. The second-order valence-electron chi connectivity index (χ2n) is 9.36. The largest absolute Gasteiger partial charge is 0.449 e. The Kier molecular flexibility index (Phi) is 8.77. The molecule has 0 aliphatic heterocycles. The van der Waals surface area contributed by atoms with Crippen LogP contribution in [0.25, 0.3) is 11.5 Å². The number of hydrogen-bond donors (Lipinski definition) is 1. The van der Waals surface area contributed by atoms with Gasteiger partial charge >= 0.3 is 11.8 Å². The van der Waals surface area contributed by atoms with Crippen LogP contribution in [0.1, 0.15) is 12.5 Å². The summed E-state index contributed by atoms with van der Waals surface area (Å²) in [4.78, 5) is 34.1. The zero-order chi connectivity index (χ0) is 26.3. The third kappa shape index (κ3) is 6.89. The molecule has 0 saturated heterocycles. The first-order chi connectivity index (χ1) is 17.1. The van der Waals surface area contributed by atoms with Gasteiger partial charge in [-0.05, 0) is 24.6 Å². The first-order valence-electron chi connectivity index (χ1n) is 11.6. The van der Waals surface area contributed by atoms with E-state index in [0.29, 0.717) is 12.4 Å². The van der Waals surface area contributed by atoms with Gasteiger partial charge in [0.1, 0.15) is 18.1 Å². The van der Waals surface area contributed by atoms with Crippen molar-refractivity contribution in [2.45, 2.75) is 45.9 Å². The predicted octanol–water partition coefficient (Wildman–Crippen LogP) is 4.91. The van der Waals surface area contributed by atoms with E-state index in [1.807, 2.05) is 30.3 Å². The molecule has 0 aliphatic carbocycles. The Labute approximate surface area is 211 Å². The molecule has 1 amide bonds. The fraction of sp³-hybridized carbons (Fsp3) is 0.375. The number of amides is 1. The highest BCUT2D eigenvalue weighted by molar-refractivity contribution is 6.76. The van der Waals surface area contributed by atoms with E-state index in [9.17, 15) is 14.9 Å². The summed E-state index contributed by atoms with van der Waals surface area (Å²) in [5.74, 6) is 0.0819. The second-order valence-corrected chi connectivity index (χ2v) is 15.0. The number of carbonyl (C=O) groups is 1. The molecule has 2 N–H and O–H groups in total. The number of nitrogens with two attached hydrogens (primary N) is 1. The molecule has 0 bridgehead atoms. The van der Waals surface area contributed by atoms with E-state index in [1.54, 1.807) is 23.9 Å². The number of nitrogens with zero attached hydrogens (tertiary/aromatic N) is 5. The van der Waals surface area contributed by atoms with Crippen LogP contribution in [0, 0.1) is 10.1 Å². The molecule has 0 atom stereocenters. The molecule has 0 radical (unpaired) electrons.